The fraction of sp³-hybridized carbons (Fsp3) is 0.632. The van der Waals surface area contributed by atoms with Gasteiger partial charge in [-0.05, 0) is 5.56 Å². The summed E-state index contributed by atoms with van der Waals surface area (Å²) in [5.74, 6) is 4.43. The van der Waals surface area contributed by atoms with E-state index in [1.807, 2.05) is 29.6 Å². The predicted molar refractivity (Wildman–Crippen MR) is 105 cm³/mol. The zero-order valence-corrected chi connectivity index (χ0v) is 16.1. The lowest BCUT2D eigenvalue weighted by atomic mass is 9.81. The van der Waals surface area contributed by atoms with Crippen molar-refractivity contribution in [2.45, 2.75) is 12.6 Å². The van der Waals surface area contributed by atoms with Crippen LogP contribution in [0.25, 0.3) is 0 Å². The molecule has 2 atom stereocenters. The van der Waals surface area contributed by atoms with Gasteiger partial charge in [0, 0.05) is 67.7 Å². The average Bonchev–Trinajstić information content (AvgIpc) is 2.98. The maximum atomic E-state index is 12.2. The molecule has 0 aliphatic carbocycles. The molecule has 0 radical (unpaired) electrons. The SMILES string of the molecule is O=C(O)[C@]12CN(Cc3ccccc3)C[C@H]1CN(C1CSCCSC1)C2. The van der Waals surface area contributed by atoms with Crippen molar-refractivity contribution in [1.82, 2.24) is 9.80 Å². The number of aliphatic carboxylic acids is 1. The minimum atomic E-state index is -0.593. The van der Waals surface area contributed by atoms with Gasteiger partial charge >= 0.3 is 5.97 Å². The molecule has 0 saturated carbocycles. The van der Waals surface area contributed by atoms with Gasteiger partial charge in [-0.3, -0.25) is 14.6 Å². The zero-order valence-electron chi connectivity index (χ0n) is 14.5. The molecular formula is C19H26N2O2S2. The standard InChI is InChI=1S/C19H26N2O2S2/c22-18(23)19-13-20(8-15-4-2-1-3-5-15)9-16(19)10-21(14-19)17-11-24-6-7-25-12-17/h1-5,16-17H,6-14H2,(H,22,23)/t16-,19-/m0/s1. The van der Waals surface area contributed by atoms with Gasteiger partial charge in [-0.15, -0.1) is 0 Å². The molecule has 4 nitrogen and oxygen atoms in total. The highest BCUT2D eigenvalue weighted by Crippen LogP contribution is 2.44. The maximum absolute atomic E-state index is 12.2. The largest absolute Gasteiger partial charge is 0.481 e. The number of carboxylic acids is 1. The van der Waals surface area contributed by atoms with Crippen molar-refractivity contribution in [1.29, 1.82) is 0 Å². The molecular weight excluding hydrogens is 352 g/mol. The first kappa shape index (κ1) is 17.7. The van der Waals surface area contributed by atoms with E-state index in [0.29, 0.717) is 12.6 Å². The predicted octanol–water partition coefficient (Wildman–Crippen LogP) is 2.35. The van der Waals surface area contributed by atoms with E-state index in [9.17, 15) is 9.90 Å². The molecule has 3 saturated heterocycles. The van der Waals surface area contributed by atoms with Gasteiger partial charge in [0.2, 0.25) is 0 Å². The summed E-state index contributed by atoms with van der Waals surface area (Å²) < 4.78 is 0. The molecule has 3 aliphatic rings. The number of fused-ring (bicyclic) bond motifs is 1. The summed E-state index contributed by atoms with van der Waals surface area (Å²) in [6, 6.07) is 11.0. The van der Waals surface area contributed by atoms with Crippen LogP contribution in [0.3, 0.4) is 0 Å². The van der Waals surface area contributed by atoms with E-state index in [1.54, 1.807) is 0 Å². The fourth-order valence-electron chi connectivity index (χ4n) is 4.57. The lowest BCUT2D eigenvalue weighted by Crippen LogP contribution is -2.44. The van der Waals surface area contributed by atoms with Gasteiger partial charge in [0.15, 0.2) is 0 Å². The van der Waals surface area contributed by atoms with E-state index >= 15 is 0 Å². The summed E-state index contributed by atoms with van der Waals surface area (Å²) in [6.45, 7) is 4.13. The van der Waals surface area contributed by atoms with Crippen molar-refractivity contribution in [3.8, 4) is 0 Å². The van der Waals surface area contributed by atoms with Gasteiger partial charge in [0.05, 0.1) is 5.41 Å². The number of likely N-dealkylation sites (tertiary alicyclic amines) is 2. The Morgan fingerprint density at radius 2 is 1.84 bits per heavy atom. The van der Waals surface area contributed by atoms with Crippen molar-refractivity contribution >= 4 is 29.5 Å². The molecule has 1 N–H and O–H groups in total. The van der Waals surface area contributed by atoms with E-state index in [4.69, 9.17) is 0 Å². The van der Waals surface area contributed by atoms with Gasteiger partial charge in [-0.1, -0.05) is 30.3 Å². The fourth-order valence-corrected chi connectivity index (χ4v) is 7.19. The first-order chi connectivity index (χ1) is 12.2. The lowest BCUT2D eigenvalue weighted by molar-refractivity contribution is -0.149. The number of carbonyl (C=O) groups is 1. The van der Waals surface area contributed by atoms with E-state index in [-0.39, 0.29) is 5.92 Å². The van der Waals surface area contributed by atoms with Gasteiger partial charge < -0.3 is 5.11 Å². The zero-order chi connectivity index (χ0) is 17.3. The molecule has 4 rings (SSSR count). The maximum Gasteiger partial charge on any atom is 0.312 e. The number of hydrogen-bond acceptors (Lipinski definition) is 5. The molecule has 3 fully saturated rings. The van der Waals surface area contributed by atoms with Crippen LogP contribution in [0.2, 0.25) is 0 Å². The Bertz CT molecular complexity index is 607. The normalized spacial score (nSPS) is 31.8. The van der Waals surface area contributed by atoms with Gasteiger partial charge in [-0.25, -0.2) is 0 Å². The summed E-state index contributed by atoms with van der Waals surface area (Å²) in [7, 11) is 0. The molecule has 0 spiro atoms. The second kappa shape index (κ2) is 7.51. The highest BCUT2D eigenvalue weighted by molar-refractivity contribution is 8.03. The Hall–Kier alpha value is -0.690. The molecule has 6 heteroatoms. The quantitative estimate of drug-likeness (QED) is 0.868. The van der Waals surface area contributed by atoms with Crippen LogP contribution in [0.5, 0.6) is 0 Å². The number of benzene rings is 1. The van der Waals surface area contributed by atoms with Crippen LogP contribution in [0.4, 0.5) is 0 Å². The monoisotopic (exact) mass is 378 g/mol. The summed E-state index contributed by atoms with van der Waals surface area (Å²) in [5.41, 5.74) is 0.701. The second-order valence-corrected chi connectivity index (χ2v) is 9.85. The highest BCUT2D eigenvalue weighted by atomic mass is 32.2. The Morgan fingerprint density at radius 3 is 2.48 bits per heavy atom. The van der Waals surface area contributed by atoms with Crippen LogP contribution in [-0.2, 0) is 11.3 Å². The van der Waals surface area contributed by atoms with Crippen molar-refractivity contribution in [2.24, 2.45) is 11.3 Å². The second-order valence-electron chi connectivity index (χ2n) is 7.55. The number of thioether (sulfide) groups is 2. The lowest BCUT2D eigenvalue weighted by Gasteiger charge is -2.30. The van der Waals surface area contributed by atoms with Gasteiger partial charge in [-0.2, -0.15) is 23.5 Å². The summed E-state index contributed by atoms with van der Waals surface area (Å²) in [6.07, 6.45) is 0. The molecule has 1 aromatic rings. The number of carboxylic acid groups (broad SMARTS) is 1. The highest BCUT2D eigenvalue weighted by Gasteiger charge is 2.58. The molecule has 3 aliphatic heterocycles. The summed E-state index contributed by atoms with van der Waals surface area (Å²) in [5, 5.41) is 10.1. The van der Waals surface area contributed by atoms with Crippen LogP contribution in [0.15, 0.2) is 30.3 Å². The molecule has 0 unspecified atom stereocenters. The van der Waals surface area contributed by atoms with Crippen LogP contribution < -0.4 is 0 Å². The molecule has 136 valence electrons. The third-order valence-corrected chi connectivity index (χ3v) is 8.37. The summed E-state index contributed by atoms with van der Waals surface area (Å²) in [4.78, 5) is 17.1. The van der Waals surface area contributed by atoms with E-state index in [1.165, 1.54) is 17.1 Å². The minimum Gasteiger partial charge on any atom is -0.481 e. The Kier molecular flexibility index (Phi) is 5.32. The minimum absolute atomic E-state index is 0.256. The molecule has 25 heavy (non-hydrogen) atoms. The van der Waals surface area contributed by atoms with Crippen LogP contribution in [0.1, 0.15) is 5.56 Å². The smallest absolute Gasteiger partial charge is 0.312 e. The molecule has 1 aromatic carbocycles. The van der Waals surface area contributed by atoms with Crippen LogP contribution in [0, 0.1) is 11.3 Å². The first-order valence-electron chi connectivity index (χ1n) is 9.06. The van der Waals surface area contributed by atoms with Gasteiger partial charge in [0.25, 0.3) is 0 Å². The van der Waals surface area contributed by atoms with E-state index in [2.05, 4.69) is 34.1 Å². The first-order valence-corrected chi connectivity index (χ1v) is 11.4. The average molecular weight is 379 g/mol. The number of hydrogen-bond donors (Lipinski definition) is 1. The third-order valence-electron chi connectivity index (χ3n) is 5.89. The topological polar surface area (TPSA) is 43.8 Å². The van der Waals surface area contributed by atoms with Crippen molar-refractivity contribution in [3.63, 3.8) is 0 Å². The van der Waals surface area contributed by atoms with Crippen molar-refractivity contribution in [2.75, 3.05) is 49.2 Å². The van der Waals surface area contributed by atoms with Crippen LogP contribution in [-0.4, -0.2) is 76.1 Å². The Labute approximate surface area is 158 Å². The molecule has 0 bridgehead atoms. The van der Waals surface area contributed by atoms with E-state index < -0.39 is 11.4 Å². The molecule has 3 heterocycles. The van der Waals surface area contributed by atoms with Crippen LogP contribution >= 0.6 is 23.5 Å². The Morgan fingerprint density at radius 1 is 1.12 bits per heavy atom. The van der Waals surface area contributed by atoms with Crippen molar-refractivity contribution in [3.05, 3.63) is 35.9 Å². The number of nitrogens with zero attached hydrogens (tertiary/aromatic N) is 2. The molecule has 0 amide bonds. The third kappa shape index (κ3) is 3.59. The van der Waals surface area contributed by atoms with E-state index in [0.717, 1.165) is 37.7 Å². The summed E-state index contributed by atoms with van der Waals surface area (Å²) >= 11 is 4.06. The molecule has 0 aromatic heterocycles. The van der Waals surface area contributed by atoms with Gasteiger partial charge in [0.1, 0.15) is 0 Å². The number of rotatable bonds is 4. The Balaban J connectivity index is 1.45. The van der Waals surface area contributed by atoms with Crippen molar-refractivity contribution < 1.29 is 9.90 Å².